The highest BCUT2D eigenvalue weighted by Crippen LogP contribution is 2.36. The van der Waals surface area contributed by atoms with Crippen LogP contribution in [0.15, 0.2) is 121 Å². The fourth-order valence-electron chi connectivity index (χ4n) is 5.28. The standard InChI is InChI=1S/C37H25N3/c1-26-14-20-30(21-15-26)40(29-9-3-2-4-10-29)31-22-17-27(18-23-31)16-19-28-8-7-13-34-36(25-39)35(24-38)32-11-5-6-12-33(32)37(28)34/h2-23H,1H3/b19-16-. The molecule has 0 aliphatic heterocycles. The van der Waals surface area contributed by atoms with Crippen LogP contribution in [-0.2, 0) is 0 Å². The van der Waals surface area contributed by atoms with E-state index in [0.717, 1.165) is 49.7 Å². The Kier molecular flexibility index (Phi) is 6.55. The number of benzene rings is 6. The minimum Gasteiger partial charge on any atom is -0.311 e. The lowest BCUT2D eigenvalue weighted by atomic mass is 9.90. The van der Waals surface area contributed by atoms with Gasteiger partial charge in [-0.25, -0.2) is 0 Å². The monoisotopic (exact) mass is 511 g/mol. The average Bonchev–Trinajstić information content (AvgIpc) is 3.01. The third-order valence-corrected chi connectivity index (χ3v) is 7.22. The molecule has 0 amide bonds. The number of rotatable bonds is 5. The SMILES string of the molecule is Cc1ccc(N(c2ccccc2)c2ccc(/C=C\c3cccc4c(C#N)c(C#N)c5ccccc5c34)cc2)cc1. The summed E-state index contributed by atoms with van der Waals surface area (Å²) in [6.07, 6.45) is 4.18. The molecule has 188 valence electrons. The van der Waals surface area contributed by atoms with Crippen LogP contribution in [0.4, 0.5) is 17.1 Å². The molecule has 0 aliphatic rings. The molecule has 0 fully saturated rings. The van der Waals surface area contributed by atoms with Gasteiger partial charge in [-0.2, -0.15) is 10.5 Å². The summed E-state index contributed by atoms with van der Waals surface area (Å²) in [6.45, 7) is 2.10. The minimum absolute atomic E-state index is 0.424. The number of hydrogen-bond acceptors (Lipinski definition) is 3. The van der Waals surface area contributed by atoms with E-state index in [0.29, 0.717) is 11.1 Å². The largest absolute Gasteiger partial charge is 0.311 e. The molecule has 0 aliphatic carbocycles. The number of fused-ring (bicyclic) bond motifs is 3. The van der Waals surface area contributed by atoms with E-state index in [-0.39, 0.29) is 0 Å². The zero-order chi connectivity index (χ0) is 27.5. The number of para-hydroxylation sites is 1. The van der Waals surface area contributed by atoms with Gasteiger partial charge < -0.3 is 4.90 Å². The lowest BCUT2D eigenvalue weighted by molar-refractivity contribution is 1.27. The van der Waals surface area contributed by atoms with Crippen LogP contribution in [0.1, 0.15) is 27.8 Å². The lowest BCUT2D eigenvalue weighted by Crippen LogP contribution is -2.09. The van der Waals surface area contributed by atoms with Gasteiger partial charge in [0.05, 0.1) is 11.1 Å². The zero-order valence-corrected chi connectivity index (χ0v) is 22.0. The summed E-state index contributed by atoms with van der Waals surface area (Å²) in [5.74, 6) is 0. The smallest absolute Gasteiger partial charge is 0.101 e. The van der Waals surface area contributed by atoms with Crippen molar-refractivity contribution in [2.75, 3.05) is 4.90 Å². The van der Waals surface area contributed by atoms with Crippen molar-refractivity contribution < 1.29 is 0 Å². The summed E-state index contributed by atoms with van der Waals surface area (Å²) >= 11 is 0. The predicted molar refractivity (Wildman–Crippen MR) is 166 cm³/mol. The van der Waals surface area contributed by atoms with Gasteiger partial charge in [-0.3, -0.25) is 0 Å². The Morgan fingerprint density at radius 3 is 1.75 bits per heavy atom. The highest BCUT2D eigenvalue weighted by Gasteiger charge is 2.16. The highest BCUT2D eigenvalue weighted by molar-refractivity contribution is 6.16. The first-order valence-corrected chi connectivity index (χ1v) is 13.2. The summed E-state index contributed by atoms with van der Waals surface area (Å²) < 4.78 is 0. The number of aryl methyl sites for hydroxylation is 1. The van der Waals surface area contributed by atoms with Crippen LogP contribution >= 0.6 is 0 Å². The Morgan fingerprint density at radius 2 is 1.07 bits per heavy atom. The van der Waals surface area contributed by atoms with E-state index in [4.69, 9.17) is 0 Å². The van der Waals surface area contributed by atoms with Gasteiger partial charge in [0.15, 0.2) is 0 Å². The molecule has 0 unspecified atom stereocenters. The molecule has 0 spiro atoms. The van der Waals surface area contributed by atoms with Gasteiger partial charge in [0.25, 0.3) is 0 Å². The van der Waals surface area contributed by atoms with Gasteiger partial charge >= 0.3 is 0 Å². The zero-order valence-electron chi connectivity index (χ0n) is 22.0. The second kappa shape index (κ2) is 10.6. The number of nitrogens with zero attached hydrogens (tertiary/aromatic N) is 3. The fourth-order valence-corrected chi connectivity index (χ4v) is 5.28. The maximum Gasteiger partial charge on any atom is 0.101 e. The number of hydrogen-bond donors (Lipinski definition) is 0. The molecule has 3 nitrogen and oxygen atoms in total. The van der Waals surface area contributed by atoms with Crippen LogP contribution < -0.4 is 4.90 Å². The molecule has 6 aromatic carbocycles. The predicted octanol–water partition coefficient (Wildman–Crippen LogP) is 9.68. The summed E-state index contributed by atoms with van der Waals surface area (Å²) in [5.41, 5.74) is 7.43. The quantitative estimate of drug-likeness (QED) is 0.171. The molecule has 3 heteroatoms. The number of nitriles is 2. The van der Waals surface area contributed by atoms with Crippen LogP contribution in [0.25, 0.3) is 33.7 Å². The third kappa shape index (κ3) is 4.47. The van der Waals surface area contributed by atoms with Crippen LogP contribution in [0.5, 0.6) is 0 Å². The maximum absolute atomic E-state index is 9.93. The van der Waals surface area contributed by atoms with E-state index in [1.165, 1.54) is 5.56 Å². The van der Waals surface area contributed by atoms with Crippen molar-refractivity contribution in [3.8, 4) is 12.1 Å². The highest BCUT2D eigenvalue weighted by atomic mass is 15.1. The van der Waals surface area contributed by atoms with Crippen molar-refractivity contribution >= 4 is 50.8 Å². The molecule has 0 radical (unpaired) electrons. The second-order valence-electron chi connectivity index (χ2n) is 9.72. The Morgan fingerprint density at radius 1 is 0.525 bits per heavy atom. The molecule has 6 rings (SSSR count). The van der Waals surface area contributed by atoms with E-state index in [1.54, 1.807) is 0 Å². The van der Waals surface area contributed by atoms with E-state index in [1.807, 2.05) is 42.5 Å². The van der Waals surface area contributed by atoms with Gasteiger partial charge in [-0.1, -0.05) is 103 Å². The van der Waals surface area contributed by atoms with Crippen molar-refractivity contribution in [1.82, 2.24) is 0 Å². The molecule has 40 heavy (non-hydrogen) atoms. The summed E-state index contributed by atoms with van der Waals surface area (Å²) in [5, 5.41) is 23.3. The van der Waals surface area contributed by atoms with Crippen LogP contribution in [0.2, 0.25) is 0 Å². The molecule has 0 bridgehead atoms. The van der Waals surface area contributed by atoms with Crippen molar-refractivity contribution in [2.24, 2.45) is 0 Å². The molecule has 0 atom stereocenters. The molecule has 0 saturated carbocycles. The molecule has 0 aromatic heterocycles. The molecule has 0 N–H and O–H groups in total. The van der Waals surface area contributed by atoms with E-state index >= 15 is 0 Å². The fraction of sp³-hybridized carbons (Fsp3) is 0.0270. The van der Waals surface area contributed by atoms with Gasteiger partial charge in [-0.15, -0.1) is 0 Å². The number of anilines is 3. The lowest BCUT2D eigenvalue weighted by Gasteiger charge is -2.25. The van der Waals surface area contributed by atoms with Gasteiger partial charge in [0.2, 0.25) is 0 Å². The van der Waals surface area contributed by atoms with E-state index in [2.05, 4.69) is 115 Å². The van der Waals surface area contributed by atoms with Crippen LogP contribution in [0, 0.1) is 29.6 Å². The second-order valence-corrected chi connectivity index (χ2v) is 9.72. The van der Waals surface area contributed by atoms with Crippen LogP contribution in [-0.4, -0.2) is 0 Å². The first-order chi connectivity index (χ1) is 19.7. The molecular formula is C37H25N3. The first kappa shape index (κ1) is 24.7. The van der Waals surface area contributed by atoms with Crippen molar-refractivity contribution in [2.45, 2.75) is 6.92 Å². The summed E-state index contributed by atoms with van der Waals surface area (Å²) in [7, 11) is 0. The summed E-state index contributed by atoms with van der Waals surface area (Å²) in [6, 6.07) is 45.7. The van der Waals surface area contributed by atoms with Crippen LogP contribution in [0.3, 0.4) is 0 Å². The Hall–Kier alpha value is -5.64. The van der Waals surface area contributed by atoms with Gasteiger partial charge in [-0.05, 0) is 65.2 Å². The Labute approximate surface area is 234 Å². The van der Waals surface area contributed by atoms with Crippen molar-refractivity contribution in [1.29, 1.82) is 10.5 Å². The molecular weight excluding hydrogens is 486 g/mol. The topological polar surface area (TPSA) is 50.8 Å². The summed E-state index contributed by atoms with van der Waals surface area (Å²) in [4.78, 5) is 2.25. The minimum atomic E-state index is 0.424. The van der Waals surface area contributed by atoms with E-state index in [9.17, 15) is 10.5 Å². The van der Waals surface area contributed by atoms with Crippen molar-refractivity contribution in [3.63, 3.8) is 0 Å². The third-order valence-electron chi connectivity index (χ3n) is 7.22. The van der Waals surface area contributed by atoms with Gasteiger partial charge in [0, 0.05) is 27.8 Å². The Balaban J connectivity index is 1.40. The Bertz CT molecular complexity index is 1950. The van der Waals surface area contributed by atoms with Crippen molar-refractivity contribution in [3.05, 3.63) is 149 Å². The molecule has 0 saturated heterocycles. The molecule has 6 aromatic rings. The average molecular weight is 512 g/mol. The molecule has 0 heterocycles. The normalized spacial score (nSPS) is 11.0. The first-order valence-electron chi connectivity index (χ1n) is 13.2. The van der Waals surface area contributed by atoms with E-state index < -0.39 is 0 Å². The maximum atomic E-state index is 9.93. The van der Waals surface area contributed by atoms with Gasteiger partial charge in [0.1, 0.15) is 12.1 Å².